The number of aromatic nitrogens is 1. The number of hydrogen-bond acceptors (Lipinski definition) is 3. The molecule has 0 bridgehead atoms. The van der Waals surface area contributed by atoms with Crippen molar-refractivity contribution < 1.29 is 4.74 Å². The zero-order valence-corrected chi connectivity index (χ0v) is 11.7. The van der Waals surface area contributed by atoms with E-state index in [1.807, 2.05) is 24.3 Å². The van der Waals surface area contributed by atoms with Gasteiger partial charge in [0.05, 0.1) is 7.11 Å². The van der Waals surface area contributed by atoms with Crippen molar-refractivity contribution >= 4 is 0 Å². The molecular formula is C16H16N2O2. The van der Waals surface area contributed by atoms with Crippen molar-refractivity contribution in [3.63, 3.8) is 0 Å². The van der Waals surface area contributed by atoms with Gasteiger partial charge in [-0.1, -0.05) is 19.9 Å². The Labute approximate surface area is 117 Å². The zero-order chi connectivity index (χ0) is 14.7. The molecule has 4 heteroatoms. The molecule has 2 aromatic rings. The maximum absolute atomic E-state index is 11.4. The van der Waals surface area contributed by atoms with Crippen LogP contribution in [0.1, 0.15) is 30.9 Å². The highest BCUT2D eigenvalue weighted by molar-refractivity contribution is 5.66. The van der Waals surface area contributed by atoms with Crippen LogP contribution in [0.3, 0.4) is 0 Å². The van der Waals surface area contributed by atoms with Crippen molar-refractivity contribution in [1.29, 1.82) is 5.26 Å². The standard InChI is InChI=1S/C16H16N2O2/c1-10(2)14-7-11(4-5-15(14)20-3)13-6-12(8-17)16(19)18-9-13/h4-7,9-10H,1-3H3,(H,18,19). The molecule has 4 nitrogen and oxygen atoms in total. The molecule has 0 aliphatic carbocycles. The van der Waals surface area contributed by atoms with Crippen molar-refractivity contribution in [2.45, 2.75) is 19.8 Å². The molecule has 0 amide bonds. The number of benzene rings is 1. The predicted molar refractivity (Wildman–Crippen MR) is 77.9 cm³/mol. The Bertz CT molecular complexity index is 724. The third kappa shape index (κ3) is 2.57. The van der Waals surface area contributed by atoms with Crippen molar-refractivity contribution in [2.24, 2.45) is 0 Å². The summed E-state index contributed by atoms with van der Waals surface area (Å²) in [5, 5.41) is 8.92. The Morgan fingerprint density at radius 1 is 1.25 bits per heavy atom. The van der Waals surface area contributed by atoms with Crippen LogP contribution in [0.25, 0.3) is 11.1 Å². The van der Waals surface area contributed by atoms with Crippen LogP contribution >= 0.6 is 0 Å². The van der Waals surface area contributed by atoms with Gasteiger partial charge in [-0.3, -0.25) is 4.79 Å². The highest BCUT2D eigenvalue weighted by atomic mass is 16.5. The quantitative estimate of drug-likeness (QED) is 0.930. The average Bonchev–Trinajstić information content (AvgIpc) is 2.47. The van der Waals surface area contributed by atoms with E-state index in [9.17, 15) is 4.79 Å². The lowest BCUT2D eigenvalue weighted by Gasteiger charge is -2.13. The van der Waals surface area contributed by atoms with Crippen LogP contribution < -0.4 is 10.3 Å². The summed E-state index contributed by atoms with van der Waals surface area (Å²) in [6.45, 7) is 4.18. The van der Waals surface area contributed by atoms with E-state index < -0.39 is 0 Å². The first-order valence-corrected chi connectivity index (χ1v) is 6.38. The van der Waals surface area contributed by atoms with E-state index in [0.717, 1.165) is 22.4 Å². The van der Waals surface area contributed by atoms with Crippen molar-refractivity contribution in [3.05, 3.63) is 51.9 Å². The molecule has 0 aliphatic heterocycles. The molecule has 0 fully saturated rings. The van der Waals surface area contributed by atoms with Crippen LogP contribution in [0.5, 0.6) is 5.75 Å². The number of nitriles is 1. The molecule has 0 aliphatic rings. The fraction of sp³-hybridized carbons (Fsp3) is 0.250. The van der Waals surface area contributed by atoms with Crippen LogP contribution in [0.2, 0.25) is 0 Å². The number of aromatic amines is 1. The lowest BCUT2D eigenvalue weighted by atomic mass is 9.96. The van der Waals surface area contributed by atoms with Crippen molar-refractivity contribution in [1.82, 2.24) is 4.98 Å². The van der Waals surface area contributed by atoms with Gasteiger partial charge in [-0.2, -0.15) is 5.26 Å². The summed E-state index contributed by atoms with van der Waals surface area (Å²) in [6.07, 6.45) is 1.62. The molecule has 1 aromatic heterocycles. The number of rotatable bonds is 3. The summed E-state index contributed by atoms with van der Waals surface area (Å²) in [4.78, 5) is 14.0. The summed E-state index contributed by atoms with van der Waals surface area (Å²) in [5.74, 6) is 1.16. The smallest absolute Gasteiger partial charge is 0.265 e. The summed E-state index contributed by atoms with van der Waals surface area (Å²) < 4.78 is 5.35. The zero-order valence-electron chi connectivity index (χ0n) is 11.7. The first-order valence-electron chi connectivity index (χ1n) is 6.38. The minimum Gasteiger partial charge on any atom is -0.496 e. The molecule has 1 heterocycles. The Hall–Kier alpha value is -2.54. The number of H-pyrrole nitrogens is 1. The van der Waals surface area contributed by atoms with Crippen LogP contribution in [0, 0.1) is 11.3 Å². The van der Waals surface area contributed by atoms with Gasteiger partial charge in [0, 0.05) is 6.20 Å². The van der Waals surface area contributed by atoms with Gasteiger partial charge >= 0.3 is 0 Å². The fourth-order valence-electron chi connectivity index (χ4n) is 2.10. The summed E-state index contributed by atoms with van der Waals surface area (Å²) in [5.41, 5.74) is 2.60. The maximum atomic E-state index is 11.4. The molecular weight excluding hydrogens is 252 g/mol. The second kappa shape index (κ2) is 5.62. The topological polar surface area (TPSA) is 65.9 Å². The summed E-state index contributed by atoms with van der Waals surface area (Å²) in [6, 6.07) is 9.35. The van der Waals surface area contributed by atoms with Gasteiger partial charge in [0.1, 0.15) is 17.4 Å². The van der Waals surface area contributed by atoms with Gasteiger partial charge in [0.25, 0.3) is 5.56 Å². The average molecular weight is 268 g/mol. The van der Waals surface area contributed by atoms with Crippen LogP contribution in [-0.2, 0) is 0 Å². The number of nitrogens with zero attached hydrogens (tertiary/aromatic N) is 1. The fourth-order valence-corrected chi connectivity index (χ4v) is 2.10. The molecule has 0 spiro atoms. The van der Waals surface area contributed by atoms with E-state index in [4.69, 9.17) is 10.00 Å². The highest BCUT2D eigenvalue weighted by Crippen LogP contribution is 2.31. The molecule has 0 unspecified atom stereocenters. The second-order valence-corrected chi connectivity index (χ2v) is 4.85. The number of pyridine rings is 1. The lowest BCUT2D eigenvalue weighted by Crippen LogP contribution is -2.08. The van der Waals surface area contributed by atoms with Gasteiger partial charge in [0.15, 0.2) is 0 Å². The molecule has 0 saturated carbocycles. The van der Waals surface area contributed by atoms with E-state index in [-0.39, 0.29) is 11.1 Å². The third-order valence-electron chi connectivity index (χ3n) is 3.21. The number of nitrogens with one attached hydrogen (secondary N) is 1. The lowest BCUT2D eigenvalue weighted by molar-refractivity contribution is 0.407. The van der Waals surface area contributed by atoms with Crippen LogP contribution in [0.4, 0.5) is 0 Å². The summed E-state index contributed by atoms with van der Waals surface area (Å²) in [7, 11) is 1.65. The van der Waals surface area contributed by atoms with E-state index in [1.165, 1.54) is 0 Å². The Balaban J connectivity index is 2.56. The molecule has 102 valence electrons. The highest BCUT2D eigenvalue weighted by Gasteiger charge is 2.10. The SMILES string of the molecule is COc1ccc(-c2c[nH]c(=O)c(C#N)c2)cc1C(C)C. The third-order valence-corrected chi connectivity index (χ3v) is 3.21. The Morgan fingerprint density at radius 2 is 2.00 bits per heavy atom. The molecule has 0 radical (unpaired) electrons. The molecule has 2 rings (SSSR count). The van der Waals surface area contributed by atoms with Crippen LogP contribution in [0.15, 0.2) is 35.3 Å². The monoisotopic (exact) mass is 268 g/mol. The summed E-state index contributed by atoms with van der Waals surface area (Å²) >= 11 is 0. The maximum Gasteiger partial charge on any atom is 0.265 e. The first-order chi connectivity index (χ1) is 9.56. The Kier molecular flexibility index (Phi) is 3.90. The van der Waals surface area contributed by atoms with E-state index in [0.29, 0.717) is 5.92 Å². The van der Waals surface area contributed by atoms with Crippen molar-refractivity contribution in [3.8, 4) is 22.9 Å². The predicted octanol–water partition coefficient (Wildman–Crippen LogP) is 3.05. The van der Waals surface area contributed by atoms with E-state index in [2.05, 4.69) is 18.8 Å². The largest absolute Gasteiger partial charge is 0.496 e. The Morgan fingerprint density at radius 3 is 2.60 bits per heavy atom. The molecule has 1 aromatic carbocycles. The van der Waals surface area contributed by atoms with Gasteiger partial charge in [-0.15, -0.1) is 0 Å². The number of hydrogen-bond donors (Lipinski definition) is 1. The minimum absolute atomic E-state index is 0.115. The molecule has 0 atom stereocenters. The van der Waals surface area contributed by atoms with Gasteiger partial charge in [-0.05, 0) is 40.8 Å². The minimum atomic E-state index is -0.367. The van der Waals surface area contributed by atoms with Gasteiger partial charge < -0.3 is 9.72 Å². The van der Waals surface area contributed by atoms with Gasteiger partial charge in [-0.25, -0.2) is 0 Å². The molecule has 1 N–H and O–H groups in total. The second-order valence-electron chi connectivity index (χ2n) is 4.85. The number of methoxy groups -OCH3 is 1. The van der Waals surface area contributed by atoms with E-state index >= 15 is 0 Å². The number of ether oxygens (including phenoxy) is 1. The normalized spacial score (nSPS) is 10.3. The van der Waals surface area contributed by atoms with E-state index in [1.54, 1.807) is 19.4 Å². The molecule has 20 heavy (non-hydrogen) atoms. The molecule has 0 saturated heterocycles. The first kappa shape index (κ1) is 13.9. The van der Waals surface area contributed by atoms with Gasteiger partial charge in [0.2, 0.25) is 0 Å². The van der Waals surface area contributed by atoms with Crippen LogP contribution in [-0.4, -0.2) is 12.1 Å². The van der Waals surface area contributed by atoms with Crippen molar-refractivity contribution in [2.75, 3.05) is 7.11 Å².